The minimum absolute atomic E-state index is 0.0169. The van der Waals surface area contributed by atoms with Crippen LogP contribution in [0.25, 0.3) is 33.4 Å². The number of amides is 2. The highest BCUT2D eigenvalue weighted by Crippen LogP contribution is 2.59. The molecular formula is C59H64FN11O7. The van der Waals surface area contributed by atoms with Crippen LogP contribution < -0.4 is 20.0 Å². The number of phenols is 1. The summed E-state index contributed by atoms with van der Waals surface area (Å²) in [4.78, 5) is 55.9. The van der Waals surface area contributed by atoms with Gasteiger partial charge in [0.1, 0.15) is 35.5 Å². The second-order valence-electron chi connectivity index (χ2n) is 22.7. The fraction of sp³-hybridized carbons (Fsp3) is 0.441. The van der Waals surface area contributed by atoms with Crippen molar-refractivity contribution in [1.29, 1.82) is 0 Å². The Morgan fingerprint density at radius 3 is 2.29 bits per heavy atom. The molecule has 404 valence electrons. The molecule has 0 bridgehead atoms. The van der Waals surface area contributed by atoms with Gasteiger partial charge in [0.2, 0.25) is 5.91 Å². The highest BCUT2D eigenvalue weighted by atomic mass is 19.1. The first-order valence-corrected chi connectivity index (χ1v) is 27.6. The summed E-state index contributed by atoms with van der Waals surface area (Å²) in [6, 6.07) is 24.4. The Morgan fingerprint density at radius 2 is 1.58 bits per heavy atom. The number of halogens is 1. The first-order chi connectivity index (χ1) is 38.0. The van der Waals surface area contributed by atoms with Gasteiger partial charge in [-0.05, 0) is 129 Å². The van der Waals surface area contributed by atoms with Crippen molar-refractivity contribution in [2.75, 3.05) is 37.6 Å². The van der Waals surface area contributed by atoms with Crippen molar-refractivity contribution in [2.24, 2.45) is 5.92 Å². The molecule has 3 aromatic carbocycles. The summed E-state index contributed by atoms with van der Waals surface area (Å²) in [6.45, 7) is 7.71. The lowest BCUT2D eigenvalue weighted by atomic mass is 9.62. The van der Waals surface area contributed by atoms with Gasteiger partial charge in [-0.25, -0.2) is 14.4 Å². The second-order valence-corrected chi connectivity index (χ2v) is 22.7. The van der Waals surface area contributed by atoms with E-state index in [9.17, 15) is 24.2 Å². The first kappa shape index (κ1) is 50.1. The maximum atomic E-state index is 14.3. The summed E-state index contributed by atoms with van der Waals surface area (Å²) in [5, 5.41) is 35.2. The number of aromatic amines is 1. The predicted octanol–water partition coefficient (Wildman–Crippen LogP) is 7.86. The van der Waals surface area contributed by atoms with Crippen LogP contribution in [0.1, 0.15) is 101 Å². The summed E-state index contributed by atoms with van der Waals surface area (Å²) < 4.78 is 26.5. The number of H-pyrrole nitrogens is 1. The molecule has 13 rings (SSSR count). The van der Waals surface area contributed by atoms with Crippen molar-refractivity contribution in [1.82, 2.24) is 50.5 Å². The van der Waals surface area contributed by atoms with Crippen molar-refractivity contribution in [3.63, 3.8) is 0 Å². The Labute approximate surface area is 450 Å². The van der Waals surface area contributed by atoms with Crippen LogP contribution in [0.3, 0.4) is 0 Å². The third-order valence-electron chi connectivity index (χ3n) is 17.7. The highest BCUT2D eigenvalue weighted by molar-refractivity contribution is 5.93. The van der Waals surface area contributed by atoms with Gasteiger partial charge in [-0.15, -0.1) is 10.2 Å². The van der Waals surface area contributed by atoms with Crippen molar-refractivity contribution in [2.45, 2.75) is 125 Å². The van der Waals surface area contributed by atoms with Gasteiger partial charge in [-0.2, -0.15) is 5.48 Å². The fourth-order valence-corrected chi connectivity index (χ4v) is 13.8. The van der Waals surface area contributed by atoms with Gasteiger partial charge in [0.05, 0.1) is 23.0 Å². The van der Waals surface area contributed by atoms with Gasteiger partial charge >= 0.3 is 0 Å². The Hall–Kier alpha value is -7.48. The molecule has 5 aliphatic heterocycles. The molecule has 4 aromatic heterocycles. The number of benzene rings is 3. The van der Waals surface area contributed by atoms with Gasteiger partial charge in [-0.3, -0.25) is 14.5 Å². The number of aromatic hydroxyl groups is 1. The minimum atomic E-state index is -0.975. The molecule has 1 aliphatic carbocycles. The summed E-state index contributed by atoms with van der Waals surface area (Å²) >= 11 is 0. The second kappa shape index (κ2) is 20.4. The molecular weight excluding hydrogens is 994 g/mol. The number of anilines is 1. The number of para-hydroxylation sites is 1. The number of carbonyl (C=O) groups is 2. The maximum Gasteiger partial charge on any atom is 0.275 e. The van der Waals surface area contributed by atoms with Crippen molar-refractivity contribution in [3.8, 4) is 39.8 Å². The molecule has 7 aromatic rings. The molecule has 6 fully saturated rings. The van der Waals surface area contributed by atoms with Crippen LogP contribution in [0.4, 0.5) is 10.1 Å². The normalized spacial score (nSPS) is 25.8. The van der Waals surface area contributed by atoms with Crippen molar-refractivity contribution >= 4 is 28.5 Å². The van der Waals surface area contributed by atoms with Crippen LogP contribution in [0.5, 0.6) is 17.4 Å². The zero-order valence-corrected chi connectivity index (χ0v) is 43.7. The molecule has 6 aliphatic rings. The van der Waals surface area contributed by atoms with Crippen LogP contribution in [-0.2, 0) is 15.1 Å². The number of carbonyl (C=O) groups excluding carboxylic acids is 2. The quantitative estimate of drug-likeness (QED) is 0.0764. The highest BCUT2D eigenvalue weighted by Gasteiger charge is 2.67. The SMILES string of the molecule is CC(C)[C@@H](C(=O)N1C[C@H](O)C[C@H]1C(=O)NOc1ccc(-c2ccccc2F)cc1)c1cc(OC2CCC(N3CCC(c4cnc(C56CC7CN(c8c[nH]c9nnc(-c%10ccccc%10O)cc89)CC(C5)N76)nc4)CC3)CC2)no1. The average molecular weight is 1060 g/mol. The Bertz CT molecular complexity index is 3300. The number of piperazine rings is 1. The maximum absolute atomic E-state index is 14.3. The number of fused-ring (bicyclic) bond motifs is 1. The van der Waals surface area contributed by atoms with Crippen LogP contribution in [0.15, 0.2) is 108 Å². The van der Waals surface area contributed by atoms with E-state index in [0.717, 1.165) is 100 Å². The van der Waals surface area contributed by atoms with Crippen molar-refractivity contribution < 1.29 is 38.3 Å². The largest absolute Gasteiger partial charge is 0.507 e. The first-order valence-electron chi connectivity index (χ1n) is 27.6. The van der Waals surface area contributed by atoms with E-state index in [1.807, 2.05) is 44.3 Å². The van der Waals surface area contributed by atoms with Gasteiger partial charge in [0.25, 0.3) is 11.8 Å². The summed E-state index contributed by atoms with van der Waals surface area (Å²) in [5.41, 5.74) is 7.91. The third-order valence-corrected chi connectivity index (χ3v) is 17.7. The number of aliphatic hydroxyl groups excluding tert-OH is 1. The number of rotatable bonds is 14. The molecule has 5 saturated heterocycles. The number of aromatic nitrogens is 6. The number of ether oxygens (including phenoxy) is 1. The number of nitrogens with one attached hydrogen (secondary N) is 2. The zero-order valence-electron chi connectivity index (χ0n) is 43.7. The van der Waals surface area contributed by atoms with Gasteiger partial charge in [0, 0.05) is 85.4 Å². The monoisotopic (exact) mass is 1060 g/mol. The van der Waals surface area contributed by atoms with Crippen LogP contribution in [0.2, 0.25) is 0 Å². The molecule has 19 heteroatoms. The van der Waals surface area contributed by atoms with Gasteiger partial charge in [-0.1, -0.05) is 56.3 Å². The van der Waals surface area contributed by atoms with Gasteiger partial charge in [0.15, 0.2) is 17.2 Å². The Kier molecular flexibility index (Phi) is 13.1. The lowest BCUT2D eigenvalue weighted by Gasteiger charge is -2.72. The van der Waals surface area contributed by atoms with Crippen LogP contribution in [-0.4, -0.2) is 136 Å². The standard InChI is InChI=1S/C59H64FN11O7/c1-34(2)54(57(75)70-33-41(72)23-49(70)56(74)67-77-43-15-11-36(12-16-43)44-7-3-5-9-47(44)60)52-25-53(66-78-52)76-42-17-13-38(14-18-42)68-21-19-35(20-22-68)37-28-62-58(63-29-37)59-26-39-31-69(32-40(27-59)71(39)59)50-30-61-55-46(50)24-48(64-65-55)45-8-4-6-10-51(45)73/h3-12,15-16,24-25,28-30,34-35,38-42,49,54,72-73H,13-14,17-23,26-27,31-33H2,1-2H3,(H,61,65)(H,67,74)/t38?,39?,40?,41-,42?,49+,54-,59?/m1/s1. The lowest BCUT2D eigenvalue weighted by molar-refractivity contribution is -0.216. The van der Waals surface area contributed by atoms with E-state index in [2.05, 4.69) is 52.9 Å². The molecule has 2 unspecified atom stereocenters. The van der Waals surface area contributed by atoms with E-state index in [0.29, 0.717) is 63.8 Å². The van der Waals surface area contributed by atoms with Gasteiger partial charge < -0.3 is 44.0 Å². The number of piperidine rings is 2. The number of aliphatic hydroxyl groups is 1. The number of hydrogen-bond acceptors (Lipinski definition) is 15. The van der Waals surface area contributed by atoms with E-state index >= 15 is 0 Å². The number of β-amino-alcohol motifs (C(OH)–C–C–N with tert-alkyl or cyclic N) is 1. The topological polar surface area (TPSA) is 211 Å². The summed E-state index contributed by atoms with van der Waals surface area (Å²) in [7, 11) is 0. The molecule has 1 saturated carbocycles. The number of phenolic OH excluding ortho intramolecular Hbond substituents is 1. The summed E-state index contributed by atoms with van der Waals surface area (Å²) in [5.74, 6) is 0.335. The molecule has 4 N–H and O–H groups in total. The summed E-state index contributed by atoms with van der Waals surface area (Å²) in [6.07, 6.45) is 13.4. The lowest BCUT2D eigenvalue weighted by Crippen LogP contribution is -2.82. The van der Waals surface area contributed by atoms with E-state index in [1.54, 1.807) is 54.6 Å². The third kappa shape index (κ3) is 9.17. The molecule has 9 heterocycles. The predicted molar refractivity (Wildman–Crippen MR) is 287 cm³/mol. The number of hydroxylamine groups is 1. The van der Waals surface area contributed by atoms with E-state index in [-0.39, 0.29) is 48.0 Å². The molecule has 18 nitrogen and oxygen atoms in total. The van der Waals surface area contributed by atoms with Crippen LogP contribution in [0, 0.1) is 11.7 Å². The molecule has 5 atom stereocenters. The van der Waals surface area contributed by atoms with E-state index in [4.69, 9.17) is 24.1 Å². The molecule has 0 spiro atoms. The number of likely N-dealkylation sites (tertiary alicyclic amines) is 2. The average Bonchev–Trinajstić information content (AvgIpc) is 2.82. The van der Waals surface area contributed by atoms with Crippen LogP contribution >= 0.6 is 0 Å². The Morgan fingerprint density at radius 1 is 0.859 bits per heavy atom. The van der Waals surface area contributed by atoms with E-state index in [1.165, 1.54) is 16.5 Å². The smallest absolute Gasteiger partial charge is 0.275 e. The van der Waals surface area contributed by atoms with Crippen molar-refractivity contribution in [3.05, 3.63) is 126 Å². The minimum Gasteiger partial charge on any atom is -0.507 e. The number of nitrogens with zero attached hydrogens (tertiary/aromatic N) is 9. The molecule has 0 radical (unpaired) electrons. The fourth-order valence-electron chi connectivity index (χ4n) is 13.8. The molecule has 78 heavy (non-hydrogen) atoms. The van der Waals surface area contributed by atoms with E-state index < -0.39 is 24.0 Å². The number of hydrogen-bond donors (Lipinski definition) is 4. The molecule has 2 amide bonds. The zero-order chi connectivity index (χ0) is 53.2. The Balaban J connectivity index is 0.563.